The van der Waals surface area contributed by atoms with Crippen molar-refractivity contribution in [2.24, 2.45) is 0 Å². The van der Waals surface area contributed by atoms with Gasteiger partial charge in [0, 0.05) is 4.47 Å². The van der Waals surface area contributed by atoms with Crippen molar-refractivity contribution < 1.29 is 8.42 Å². The average Bonchev–Trinajstić information content (AvgIpc) is 2.32. The van der Waals surface area contributed by atoms with Crippen LogP contribution in [0.25, 0.3) is 0 Å². The van der Waals surface area contributed by atoms with E-state index >= 15 is 0 Å². The Hall–Kier alpha value is -1.12. The summed E-state index contributed by atoms with van der Waals surface area (Å²) in [7, 11) is -3.86. The molecule has 5 nitrogen and oxygen atoms in total. The fourth-order valence-electron chi connectivity index (χ4n) is 1.17. The van der Waals surface area contributed by atoms with Crippen LogP contribution in [0, 0.1) is 22.7 Å². The molecule has 1 aromatic rings. The highest BCUT2D eigenvalue weighted by atomic mass is 79.9. The van der Waals surface area contributed by atoms with Gasteiger partial charge in [-0.2, -0.15) is 14.8 Å². The zero-order chi connectivity index (χ0) is 13.8. The minimum atomic E-state index is -3.86. The largest absolute Gasteiger partial charge is 0.245 e. The lowest BCUT2D eigenvalue weighted by Gasteiger charge is -2.16. The van der Waals surface area contributed by atoms with Gasteiger partial charge in [-0.15, -0.1) is 0 Å². The van der Waals surface area contributed by atoms with E-state index in [1.165, 1.54) is 18.2 Å². The van der Waals surface area contributed by atoms with Crippen molar-refractivity contribution in [2.45, 2.75) is 4.90 Å². The third-order valence-electron chi connectivity index (χ3n) is 2.02. The molecule has 18 heavy (non-hydrogen) atoms. The molecule has 94 valence electrons. The van der Waals surface area contributed by atoms with Crippen LogP contribution < -0.4 is 0 Å². The Morgan fingerprint density at radius 3 is 2.28 bits per heavy atom. The van der Waals surface area contributed by atoms with Crippen LogP contribution in [0.2, 0.25) is 5.02 Å². The van der Waals surface area contributed by atoms with Crippen LogP contribution >= 0.6 is 27.5 Å². The van der Waals surface area contributed by atoms with Crippen molar-refractivity contribution >= 4 is 37.6 Å². The predicted octanol–water partition coefficient (Wildman–Crippen LogP) is 2.14. The van der Waals surface area contributed by atoms with Crippen LogP contribution in [0.5, 0.6) is 0 Å². The maximum Gasteiger partial charge on any atom is 0.245 e. The van der Waals surface area contributed by atoms with Crippen molar-refractivity contribution in [2.75, 3.05) is 13.1 Å². The van der Waals surface area contributed by atoms with E-state index in [9.17, 15) is 8.42 Å². The molecule has 0 saturated carbocycles. The summed E-state index contributed by atoms with van der Waals surface area (Å²) in [6.07, 6.45) is 0. The van der Waals surface area contributed by atoms with Crippen LogP contribution in [-0.4, -0.2) is 25.8 Å². The van der Waals surface area contributed by atoms with Gasteiger partial charge in [-0.25, -0.2) is 8.42 Å². The summed E-state index contributed by atoms with van der Waals surface area (Å²) >= 11 is 8.89. The maximum atomic E-state index is 12.1. The first-order valence-corrected chi connectivity index (χ1v) is 7.23. The molecule has 0 unspecified atom stereocenters. The number of benzene rings is 1. The van der Waals surface area contributed by atoms with Crippen LogP contribution in [0.4, 0.5) is 0 Å². The lowest BCUT2D eigenvalue weighted by atomic mass is 10.4. The number of nitrogens with zero attached hydrogens (tertiary/aromatic N) is 3. The van der Waals surface area contributed by atoms with Gasteiger partial charge in [-0.1, -0.05) is 11.6 Å². The zero-order valence-corrected chi connectivity index (χ0v) is 12.1. The van der Waals surface area contributed by atoms with Gasteiger partial charge in [0.25, 0.3) is 0 Å². The number of rotatable bonds is 4. The van der Waals surface area contributed by atoms with E-state index in [2.05, 4.69) is 15.9 Å². The van der Waals surface area contributed by atoms with Crippen LogP contribution in [0.1, 0.15) is 0 Å². The monoisotopic (exact) mass is 347 g/mol. The molecule has 0 radical (unpaired) electrons. The van der Waals surface area contributed by atoms with Gasteiger partial charge in [0.2, 0.25) is 10.0 Å². The van der Waals surface area contributed by atoms with Gasteiger partial charge in [0.15, 0.2) is 0 Å². The molecule has 0 heterocycles. The summed E-state index contributed by atoms with van der Waals surface area (Å²) in [4.78, 5) is -0.0238. The van der Waals surface area contributed by atoms with E-state index in [-0.39, 0.29) is 18.0 Å². The molecule has 1 aromatic carbocycles. The molecule has 8 heteroatoms. The molecular weight excluding hydrogens is 342 g/mol. The van der Waals surface area contributed by atoms with E-state index in [4.69, 9.17) is 22.1 Å². The van der Waals surface area contributed by atoms with Crippen molar-refractivity contribution in [3.8, 4) is 12.1 Å². The summed E-state index contributed by atoms with van der Waals surface area (Å²) in [6.45, 7) is -0.758. The van der Waals surface area contributed by atoms with E-state index in [0.717, 1.165) is 4.31 Å². The second kappa shape index (κ2) is 6.17. The van der Waals surface area contributed by atoms with E-state index in [1.54, 1.807) is 12.1 Å². The highest BCUT2D eigenvalue weighted by Gasteiger charge is 2.24. The molecule has 0 aliphatic carbocycles. The third kappa shape index (κ3) is 3.21. The molecule has 0 atom stereocenters. The molecule has 0 bridgehead atoms. The topological polar surface area (TPSA) is 85.0 Å². The second-order valence-corrected chi connectivity index (χ2v) is 6.36. The fraction of sp³-hybridized carbons (Fsp3) is 0.200. The molecule has 0 fully saturated rings. The lowest BCUT2D eigenvalue weighted by Crippen LogP contribution is -2.31. The van der Waals surface area contributed by atoms with E-state index in [1.807, 2.05) is 0 Å². The molecule has 0 aromatic heterocycles. The van der Waals surface area contributed by atoms with Gasteiger partial charge < -0.3 is 0 Å². The first-order valence-electron chi connectivity index (χ1n) is 4.62. The Morgan fingerprint density at radius 2 is 1.83 bits per heavy atom. The normalized spacial score (nSPS) is 10.9. The van der Waals surface area contributed by atoms with Crippen molar-refractivity contribution in [3.63, 3.8) is 0 Å². The summed E-state index contributed by atoms with van der Waals surface area (Å²) < 4.78 is 25.5. The molecule has 0 N–H and O–H groups in total. The minimum absolute atomic E-state index is 0.0238. The Morgan fingerprint density at radius 1 is 1.28 bits per heavy atom. The van der Waals surface area contributed by atoms with E-state index < -0.39 is 10.0 Å². The second-order valence-electron chi connectivity index (χ2n) is 3.17. The highest BCUT2D eigenvalue weighted by Crippen LogP contribution is 2.26. The van der Waals surface area contributed by atoms with Crippen LogP contribution in [0.3, 0.4) is 0 Å². The summed E-state index contributed by atoms with van der Waals surface area (Å²) in [6, 6.07) is 7.51. The molecule has 1 rings (SSSR count). The quantitative estimate of drug-likeness (QED) is 0.780. The highest BCUT2D eigenvalue weighted by molar-refractivity contribution is 9.10. The van der Waals surface area contributed by atoms with Gasteiger partial charge in [-0.3, -0.25) is 0 Å². The third-order valence-corrected chi connectivity index (χ3v) is 5.02. The van der Waals surface area contributed by atoms with Gasteiger partial charge in [0.05, 0.1) is 22.1 Å². The average molecular weight is 349 g/mol. The van der Waals surface area contributed by atoms with Crippen molar-refractivity contribution in [3.05, 3.63) is 27.7 Å². The Labute approximate surface area is 118 Å². The predicted molar refractivity (Wildman–Crippen MR) is 69.1 cm³/mol. The smallest absolute Gasteiger partial charge is 0.207 e. The summed E-state index contributed by atoms with van der Waals surface area (Å²) in [5.74, 6) is 0. The molecule has 0 saturated heterocycles. The molecule has 0 spiro atoms. The first kappa shape index (κ1) is 14.9. The van der Waals surface area contributed by atoms with Gasteiger partial charge >= 0.3 is 0 Å². The Kier molecular flexibility index (Phi) is 5.12. The fourth-order valence-corrected chi connectivity index (χ4v) is 3.08. The molecular formula is C10H7BrClN3O2S. The number of nitriles is 2. The van der Waals surface area contributed by atoms with Crippen LogP contribution in [-0.2, 0) is 10.0 Å². The number of hydrogen-bond acceptors (Lipinski definition) is 4. The standard InChI is InChI=1S/C10H7BrClN3O2S/c11-9-7-8(1-2-10(9)12)18(16,17)15(5-3-13)6-4-14/h1-2,7H,5-6H2. The zero-order valence-electron chi connectivity index (χ0n) is 8.97. The molecule has 0 amide bonds. The van der Waals surface area contributed by atoms with Crippen molar-refractivity contribution in [1.82, 2.24) is 4.31 Å². The van der Waals surface area contributed by atoms with Gasteiger partial charge in [0.1, 0.15) is 13.1 Å². The Bertz CT molecular complexity index is 618. The molecule has 0 aliphatic heterocycles. The molecule has 0 aliphatic rings. The number of halogens is 2. The first-order chi connectivity index (χ1) is 8.43. The number of hydrogen-bond donors (Lipinski definition) is 0. The SMILES string of the molecule is N#CCN(CC#N)S(=O)(=O)c1ccc(Cl)c(Br)c1. The Balaban J connectivity index is 3.23. The lowest BCUT2D eigenvalue weighted by molar-refractivity contribution is 0.479. The van der Waals surface area contributed by atoms with E-state index in [0.29, 0.717) is 9.50 Å². The summed E-state index contributed by atoms with van der Waals surface area (Å²) in [5.41, 5.74) is 0. The summed E-state index contributed by atoms with van der Waals surface area (Å²) in [5, 5.41) is 17.5. The minimum Gasteiger partial charge on any atom is -0.207 e. The van der Waals surface area contributed by atoms with Crippen LogP contribution in [0.15, 0.2) is 27.6 Å². The maximum absolute atomic E-state index is 12.1. The van der Waals surface area contributed by atoms with Gasteiger partial charge in [-0.05, 0) is 34.1 Å². The number of sulfonamides is 1. The van der Waals surface area contributed by atoms with Crippen molar-refractivity contribution in [1.29, 1.82) is 10.5 Å².